The predicted molar refractivity (Wildman–Crippen MR) is 181 cm³/mol. The zero-order valence-corrected chi connectivity index (χ0v) is 27.6. The second-order valence-electron chi connectivity index (χ2n) is 13.5. The zero-order valence-electron chi connectivity index (χ0n) is 27.6. The molecule has 0 saturated heterocycles. The SMILES string of the molecule is CCCc1cc(=O)oc2c3c(c4c(c12)OC(C)(C)C=C4)O[C@H](C)[C@@H](C)[C@@H]3O.Cc1ccnc2c1NC(=O)c1cccnc1N2C1CC1. The van der Waals surface area contributed by atoms with Crippen LogP contribution in [0.5, 0.6) is 11.5 Å². The van der Waals surface area contributed by atoms with E-state index in [1.54, 1.807) is 18.5 Å². The van der Waals surface area contributed by atoms with E-state index in [0.29, 0.717) is 40.1 Å². The number of aromatic nitrogens is 2. The van der Waals surface area contributed by atoms with Gasteiger partial charge in [-0.15, -0.1) is 0 Å². The number of pyridine rings is 2. The number of aliphatic hydroxyl groups is 1. The minimum absolute atomic E-state index is 0.117. The number of amides is 1. The lowest BCUT2D eigenvalue weighted by Gasteiger charge is -2.37. The number of aliphatic hydroxyl groups excluding tert-OH is 1. The van der Waals surface area contributed by atoms with Crippen LogP contribution in [0.2, 0.25) is 0 Å². The molecule has 2 N–H and O–H groups in total. The van der Waals surface area contributed by atoms with E-state index in [9.17, 15) is 14.7 Å². The minimum atomic E-state index is -0.778. The lowest BCUT2D eigenvalue weighted by atomic mass is 9.85. The molecular formula is C37H40N4O6. The number of aryl methyl sites for hydroxylation is 2. The van der Waals surface area contributed by atoms with Gasteiger partial charge in [-0.1, -0.05) is 20.3 Å². The second kappa shape index (κ2) is 11.5. The third-order valence-electron chi connectivity index (χ3n) is 9.40. The summed E-state index contributed by atoms with van der Waals surface area (Å²) in [6.07, 6.45) is 10.4. The Morgan fingerprint density at radius 1 is 1.09 bits per heavy atom. The maximum atomic E-state index is 12.4. The van der Waals surface area contributed by atoms with E-state index in [-0.39, 0.29) is 17.9 Å². The van der Waals surface area contributed by atoms with Gasteiger partial charge in [-0.05, 0) is 88.4 Å². The molecule has 1 aromatic carbocycles. The molecule has 10 heteroatoms. The van der Waals surface area contributed by atoms with Gasteiger partial charge in [0.1, 0.15) is 29.0 Å². The van der Waals surface area contributed by atoms with Crippen molar-refractivity contribution in [2.45, 2.75) is 91.1 Å². The predicted octanol–water partition coefficient (Wildman–Crippen LogP) is 7.03. The molecule has 47 heavy (non-hydrogen) atoms. The second-order valence-corrected chi connectivity index (χ2v) is 13.5. The van der Waals surface area contributed by atoms with Gasteiger partial charge in [-0.25, -0.2) is 14.8 Å². The Labute approximate surface area is 273 Å². The number of carbonyl (C=O) groups is 1. The summed E-state index contributed by atoms with van der Waals surface area (Å²) in [6.45, 7) is 11.9. The normalized spacial score (nSPS) is 21.9. The fourth-order valence-electron chi connectivity index (χ4n) is 6.59. The van der Waals surface area contributed by atoms with Crippen LogP contribution >= 0.6 is 0 Å². The number of carbonyl (C=O) groups excluding carboxylic acids is 1. The number of anilines is 3. The van der Waals surface area contributed by atoms with Crippen molar-refractivity contribution in [3.63, 3.8) is 0 Å². The van der Waals surface area contributed by atoms with Crippen LogP contribution < -0.4 is 25.3 Å². The molecule has 1 fully saturated rings. The van der Waals surface area contributed by atoms with Crippen molar-refractivity contribution in [3.8, 4) is 11.5 Å². The Kier molecular flexibility index (Phi) is 7.58. The molecule has 4 aromatic rings. The van der Waals surface area contributed by atoms with Crippen LogP contribution in [-0.4, -0.2) is 38.7 Å². The Hall–Kier alpha value is -4.70. The average molecular weight is 637 g/mol. The molecule has 10 nitrogen and oxygen atoms in total. The summed E-state index contributed by atoms with van der Waals surface area (Å²) >= 11 is 0. The molecule has 3 atom stereocenters. The highest BCUT2D eigenvalue weighted by atomic mass is 16.5. The van der Waals surface area contributed by atoms with Crippen LogP contribution in [-0.2, 0) is 6.42 Å². The topological polar surface area (TPSA) is 127 Å². The molecular weight excluding hydrogens is 596 g/mol. The standard InChI is InChI=1S/C22H26O5.C15H14N4O/c1-6-7-13-10-15(23)26-21-16(13)20-14(8-9-22(4,5)27-20)19-17(21)18(24)11(2)12(3)25-19;1-9-6-8-17-14-12(9)18-15(20)11-3-2-7-16-13(11)19(14)10-4-5-10/h8-12,18,24H,6-7H2,1-5H3;2-3,6-8,10H,4-5H2,1H3,(H,18,20)/t11-,12-,18+;/m1./s1. The van der Waals surface area contributed by atoms with E-state index < -0.39 is 17.3 Å². The first-order valence-electron chi connectivity index (χ1n) is 16.4. The van der Waals surface area contributed by atoms with Gasteiger partial charge in [0.05, 0.1) is 33.9 Å². The van der Waals surface area contributed by atoms with Crippen molar-refractivity contribution in [2.75, 3.05) is 10.2 Å². The highest BCUT2D eigenvalue weighted by Crippen LogP contribution is 2.52. The summed E-state index contributed by atoms with van der Waals surface area (Å²) in [5.41, 5.74) is 4.14. The Balaban J connectivity index is 0.000000156. The molecule has 0 unspecified atom stereocenters. The Morgan fingerprint density at radius 3 is 2.60 bits per heavy atom. The van der Waals surface area contributed by atoms with Crippen LogP contribution in [0.3, 0.4) is 0 Å². The van der Waals surface area contributed by atoms with Crippen molar-refractivity contribution in [1.29, 1.82) is 0 Å². The molecule has 0 spiro atoms. The van der Waals surface area contributed by atoms with E-state index in [4.69, 9.17) is 13.9 Å². The van der Waals surface area contributed by atoms with Gasteiger partial charge >= 0.3 is 5.63 Å². The number of benzene rings is 1. The molecule has 8 rings (SSSR count). The molecule has 244 valence electrons. The molecule has 0 radical (unpaired) electrons. The van der Waals surface area contributed by atoms with E-state index in [0.717, 1.165) is 59.3 Å². The fourth-order valence-corrected chi connectivity index (χ4v) is 6.59. The lowest BCUT2D eigenvalue weighted by molar-refractivity contribution is 0.0173. The molecule has 1 saturated carbocycles. The molecule has 4 aliphatic rings. The molecule has 3 aliphatic heterocycles. The van der Waals surface area contributed by atoms with E-state index in [1.807, 2.05) is 58.9 Å². The van der Waals surface area contributed by atoms with E-state index in [2.05, 4.69) is 27.1 Å². The summed E-state index contributed by atoms with van der Waals surface area (Å²) in [7, 11) is 0. The highest BCUT2D eigenvalue weighted by Gasteiger charge is 2.40. The number of nitrogens with zero attached hydrogens (tertiary/aromatic N) is 3. The maximum Gasteiger partial charge on any atom is 0.336 e. The summed E-state index contributed by atoms with van der Waals surface area (Å²) in [5.74, 6) is 2.50. The van der Waals surface area contributed by atoms with Crippen molar-refractivity contribution in [2.24, 2.45) is 5.92 Å². The van der Waals surface area contributed by atoms with Crippen LogP contribution in [0.15, 0.2) is 51.9 Å². The first-order valence-corrected chi connectivity index (χ1v) is 16.4. The third-order valence-corrected chi connectivity index (χ3v) is 9.40. The highest BCUT2D eigenvalue weighted by molar-refractivity contribution is 6.12. The van der Waals surface area contributed by atoms with Gasteiger partial charge in [0.2, 0.25) is 0 Å². The van der Waals surface area contributed by atoms with Crippen molar-refractivity contribution in [1.82, 2.24) is 9.97 Å². The van der Waals surface area contributed by atoms with Gasteiger partial charge in [0, 0.05) is 30.4 Å². The van der Waals surface area contributed by atoms with E-state index in [1.165, 1.54) is 6.07 Å². The largest absolute Gasteiger partial charge is 0.489 e. The van der Waals surface area contributed by atoms with Crippen LogP contribution in [0.1, 0.15) is 92.6 Å². The van der Waals surface area contributed by atoms with Gasteiger partial charge < -0.3 is 29.2 Å². The number of ether oxygens (including phenoxy) is 2. The van der Waals surface area contributed by atoms with Gasteiger partial charge in [0.15, 0.2) is 11.4 Å². The van der Waals surface area contributed by atoms with Gasteiger partial charge in [0.25, 0.3) is 5.91 Å². The van der Waals surface area contributed by atoms with Crippen molar-refractivity contribution >= 4 is 40.3 Å². The molecule has 6 heterocycles. The molecule has 1 amide bonds. The fraction of sp³-hybridized carbons (Fsp3) is 0.405. The number of fused-ring (bicyclic) bond motifs is 8. The summed E-state index contributed by atoms with van der Waals surface area (Å²) < 4.78 is 18.1. The molecule has 3 aromatic heterocycles. The first kappa shape index (κ1) is 30.9. The van der Waals surface area contributed by atoms with Gasteiger partial charge in [-0.2, -0.15) is 0 Å². The minimum Gasteiger partial charge on any atom is -0.489 e. The zero-order chi connectivity index (χ0) is 33.2. The smallest absolute Gasteiger partial charge is 0.336 e. The number of rotatable bonds is 3. The van der Waals surface area contributed by atoms with Crippen molar-refractivity contribution < 1.29 is 23.8 Å². The van der Waals surface area contributed by atoms with Gasteiger partial charge in [-0.3, -0.25) is 4.79 Å². The third kappa shape index (κ3) is 5.34. The Bertz CT molecular complexity index is 2000. The van der Waals surface area contributed by atoms with E-state index >= 15 is 0 Å². The molecule has 0 bridgehead atoms. The summed E-state index contributed by atoms with van der Waals surface area (Å²) in [5, 5.41) is 14.8. The summed E-state index contributed by atoms with van der Waals surface area (Å²) in [4.78, 5) is 35.7. The number of nitrogens with one attached hydrogen (secondary N) is 1. The maximum absolute atomic E-state index is 12.4. The Morgan fingerprint density at radius 2 is 1.85 bits per heavy atom. The monoisotopic (exact) mass is 636 g/mol. The average Bonchev–Trinajstić information content (AvgIpc) is 3.87. The van der Waals surface area contributed by atoms with Crippen LogP contribution in [0.4, 0.5) is 17.3 Å². The number of hydrogen-bond acceptors (Lipinski definition) is 9. The van der Waals surface area contributed by atoms with Crippen LogP contribution in [0.25, 0.3) is 17.0 Å². The van der Waals surface area contributed by atoms with Crippen LogP contribution in [0, 0.1) is 12.8 Å². The summed E-state index contributed by atoms with van der Waals surface area (Å²) in [6, 6.07) is 7.45. The first-order chi connectivity index (χ1) is 22.5. The van der Waals surface area contributed by atoms with Crippen molar-refractivity contribution in [3.05, 3.63) is 81.0 Å². The number of hydrogen-bond donors (Lipinski definition) is 2. The molecule has 1 aliphatic carbocycles. The lowest BCUT2D eigenvalue weighted by Crippen LogP contribution is -2.34. The quantitative estimate of drug-likeness (QED) is 0.228.